The number of benzene rings is 2. The molecule has 1 heterocycles. The van der Waals surface area contributed by atoms with Crippen LogP contribution in [0.1, 0.15) is 36.3 Å². The highest BCUT2D eigenvalue weighted by Crippen LogP contribution is 2.47. The standard InChI is InChI=1S/C26H26N2O7/c1-14-23(26(30)35-4)24(16-6-5-7-18(10-16)28(31)32)25-19(27-14)11-17(12-20(25)29)15-8-9-21(33-2)22(13-15)34-3/h5-11,13,17,24-25,27H,12H2,1-4H3. The fourth-order valence-electron chi connectivity index (χ4n) is 4.94. The van der Waals surface area contributed by atoms with Gasteiger partial charge in [-0.2, -0.15) is 0 Å². The van der Waals surface area contributed by atoms with Crippen molar-refractivity contribution in [3.05, 3.63) is 86.7 Å². The van der Waals surface area contributed by atoms with E-state index >= 15 is 0 Å². The van der Waals surface area contributed by atoms with Crippen molar-refractivity contribution in [2.75, 3.05) is 21.3 Å². The molecule has 9 nitrogen and oxygen atoms in total. The van der Waals surface area contributed by atoms with Gasteiger partial charge in [0, 0.05) is 41.8 Å². The molecule has 1 aliphatic carbocycles. The summed E-state index contributed by atoms with van der Waals surface area (Å²) in [4.78, 5) is 37.3. The molecule has 4 rings (SSSR count). The molecule has 0 saturated carbocycles. The summed E-state index contributed by atoms with van der Waals surface area (Å²) in [5, 5.41) is 14.6. The second kappa shape index (κ2) is 9.61. The van der Waals surface area contributed by atoms with E-state index in [0.29, 0.717) is 28.5 Å². The Morgan fingerprint density at radius 2 is 1.77 bits per heavy atom. The second-order valence-corrected chi connectivity index (χ2v) is 8.48. The summed E-state index contributed by atoms with van der Waals surface area (Å²) in [7, 11) is 4.38. The molecule has 0 spiro atoms. The van der Waals surface area contributed by atoms with Crippen molar-refractivity contribution in [3.63, 3.8) is 0 Å². The number of Topliss-reactive ketones (excluding diaryl/α,β-unsaturated/α-hetero) is 1. The average Bonchev–Trinajstić information content (AvgIpc) is 2.86. The molecule has 2 aromatic carbocycles. The van der Waals surface area contributed by atoms with Crippen LogP contribution in [0.3, 0.4) is 0 Å². The first kappa shape index (κ1) is 24.0. The maximum absolute atomic E-state index is 13.6. The van der Waals surface area contributed by atoms with Crippen molar-refractivity contribution in [1.29, 1.82) is 0 Å². The van der Waals surface area contributed by atoms with Crippen LogP contribution >= 0.6 is 0 Å². The summed E-state index contributed by atoms with van der Waals surface area (Å²) in [6.45, 7) is 1.73. The van der Waals surface area contributed by atoms with E-state index in [2.05, 4.69) is 5.32 Å². The number of fused-ring (bicyclic) bond motifs is 1. The van der Waals surface area contributed by atoms with Crippen LogP contribution < -0.4 is 14.8 Å². The lowest BCUT2D eigenvalue weighted by molar-refractivity contribution is -0.384. The largest absolute Gasteiger partial charge is 0.493 e. The van der Waals surface area contributed by atoms with Gasteiger partial charge in [0.2, 0.25) is 0 Å². The summed E-state index contributed by atoms with van der Waals surface area (Å²) in [5.74, 6) is -1.15. The van der Waals surface area contributed by atoms with E-state index in [-0.39, 0.29) is 29.4 Å². The lowest BCUT2D eigenvalue weighted by Gasteiger charge is -2.39. The Morgan fingerprint density at radius 1 is 1.03 bits per heavy atom. The molecule has 0 aromatic heterocycles. The van der Waals surface area contributed by atoms with Gasteiger partial charge in [-0.05, 0) is 30.2 Å². The first-order chi connectivity index (χ1) is 16.8. The molecule has 0 bridgehead atoms. The number of hydrogen-bond acceptors (Lipinski definition) is 8. The lowest BCUT2D eigenvalue weighted by Crippen LogP contribution is -2.41. The first-order valence-corrected chi connectivity index (χ1v) is 11.1. The van der Waals surface area contributed by atoms with Crippen molar-refractivity contribution in [3.8, 4) is 11.5 Å². The van der Waals surface area contributed by atoms with E-state index in [1.165, 1.54) is 19.2 Å². The van der Waals surface area contributed by atoms with E-state index < -0.39 is 22.7 Å². The minimum atomic E-state index is -0.714. The summed E-state index contributed by atoms with van der Waals surface area (Å²) in [6, 6.07) is 11.6. The third kappa shape index (κ3) is 4.37. The van der Waals surface area contributed by atoms with Gasteiger partial charge in [0.25, 0.3) is 5.69 Å². The zero-order chi connectivity index (χ0) is 25.3. The Morgan fingerprint density at radius 3 is 2.43 bits per heavy atom. The maximum Gasteiger partial charge on any atom is 0.336 e. The molecular weight excluding hydrogens is 452 g/mol. The Labute approximate surface area is 202 Å². The predicted octanol–water partition coefficient (Wildman–Crippen LogP) is 4.00. The number of ether oxygens (including phenoxy) is 3. The topological polar surface area (TPSA) is 117 Å². The number of hydrogen-bond donors (Lipinski definition) is 1. The molecule has 0 saturated heterocycles. The lowest BCUT2D eigenvalue weighted by atomic mass is 9.68. The summed E-state index contributed by atoms with van der Waals surface area (Å²) >= 11 is 0. The number of allylic oxidation sites excluding steroid dienone is 3. The Balaban J connectivity index is 1.83. The molecule has 1 N–H and O–H groups in total. The molecule has 0 amide bonds. The SMILES string of the molecule is COC(=O)C1=C(C)NC2=CC(c3ccc(OC)c(OC)c3)CC(=O)C2C1c1cccc([N+](=O)[O-])c1. The average molecular weight is 479 g/mol. The van der Waals surface area contributed by atoms with Crippen LogP contribution in [0.15, 0.2) is 65.5 Å². The minimum Gasteiger partial charge on any atom is -0.493 e. The fraction of sp³-hybridized carbons (Fsp3) is 0.308. The van der Waals surface area contributed by atoms with Gasteiger partial charge < -0.3 is 19.5 Å². The molecular formula is C26H26N2O7. The van der Waals surface area contributed by atoms with Crippen LogP contribution in [0.5, 0.6) is 11.5 Å². The van der Waals surface area contributed by atoms with Crippen LogP contribution in [0.4, 0.5) is 5.69 Å². The maximum atomic E-state index is 13.6. The number of nitrogens with one attached hydrogen (secondary N) is 1. The third-order valence-electron chi connectivity index (χ3n) is 6.55. The highest BCUT2D eigenvalue weighted by Gasteiger charge is 2.45. The van der Waals surface area contributed by atoms with Crippen LogP contribution in [0, 0.1) is 16.0 Å². The molecule has 9 heteroatoms. The van der Waals surface area contributed by atoms with E-state index in [1.807, 2.05) is 18.2 Å². The van der Waals surface area contributed by atoms with Gasteiger partial charge in [-0.3, -0.25) is 14.9 Å². The van der Waals surface area contributed by atoms with Gasteiger partial charge in [0.1, 0.15) is 5.78 Å². The Kier molecular flexibility index (Phi) is 6.59. The van der Waals surface area contributed by atoms with Gasteiger partial charge in [-0.1, -0.05) is 24.3 Å². The number of nitro benzene ring substituents is 1. The van der Waals surface area contributed by atoms with Gasteiger partial charge in [-0.25, -0.2) is 4.79 Å². The first-order valence-electron chi connectivity index (χ1n) is 11.1. The molecule has 35 heavy (non-hydrogen) atoms. The normalized spacial score (nSPS) is 21.4. The number of carbonyl (C=O) groups excluding carboxylic acids is 2. The quantitative estimate of drug-likeness (QED) is 0.376. The molecule has 0 fully saturated rings. The van der Waals surface area contributed by atoms with E-state index in [1.54, 1.807) is 39.3 Å². The van der Waals surface area contributed by atoms with Gasteiger partial charge in [-0.15, -0.1) is 0 Å². The molecule has 3 unspecified atom stereocenters. The fourth-order valence-corrected chi connectivity index (χ4v) is 4.94. The number of rotatable bonds is 6. The van der Waals surface area contributed by atoms with Gasteiger partial charge in [0.15, 0.2) is 11.5 Å². The highest BCUT2D eigenvalue weighted by molar-refractivity contribution is 5.96. The number of ketones is 1. The molecule has 1 aliphatic heterocycles. The second-order valence-electron chi connectivity index (χ2n) is 8.48. The molecule has 0 radical (unpaired) electrons. The van der Waals surface area contributed by atoms with Gasteiger partial charge in [0.05, 0.1) is 37.7 Å². The summed E-state index contributed by atoms with van der Waals surface area (Å²) in [6.07, 6.45) is 2.18. The van der Waals surface area contributed by atoms with E-state index in [4.69, 9.17) is 14.2 Å². The highest BCUT2D eigenvalue weighted by atomic mass is 16.6. The third-order valence-corrected chi connectivity index (χ3v) is 6.55. The van der Waals surface area contributed by atoms with Crippen molar-refractivity contribution in [2.45, 2.75) is 25.2 Å². The molecule has 182 valence electrons. The number of non-ortho nitro benzene ring substituents is 1. The monoisotopic (exact) mass is 478 g/mol. The smallest absolute Gasteiger partial charge is 0.336 e. The van der Waals surface area contributed by atoms with Crippen molar-refractivity contribution in [1.82, 2.24) is 5.32 Å². The Hall–Kier alpha value is -4.14. The van der Waals surface area contributed by atoms with Crippen molar-refractivity contribution >= 4 is 17.4 Å². The number of nitrogens with zero attached hydrogens (tertiary/aromatic N) is 1. The number of nitro groups is 1. The zero-order valence-electron chi connectivity index (χ0n) is 19.9. The summed E-state index contributed by atoms with van der Waals surface area (Å²) in [5.41, 5.74) is 2.76. The Bertz CT molecular complexity index is 1260. The molecule has 2 aromatic rings. The van der Waals surface area contributed by atoms with E-state index in [0.717, 1.165) is 5.56 Å². The number of carbonyl (C=O) groups is 2. The molecule has 3 atom stereocenters. The summed E-state index contributed by atoms with van der Waals surface area (Å²) < 4.78 is 15.7. The number of methoxy groups -OCH3 is 3. The van der Waals surface area contributed by atoms with Crippen molar-refractivity contribution in [2.24, 2.45) is 5.92 Å². The van der Waals surface area contributed by atoms with Gasteiger partial charge >= 0.3 is 5.97 Å². The predicted molar refractivity (Wildman–Crippen MR) is 127 cm³/mol. The molecule has 2 aliphatic rings. The van der Waals surface area contributed by atoms with Crippen LogP contribution in [-0.2, 0) is 14.3 Å². The number of esters is 1. The zero-order valence-corrected chi connectivity index (χ0v) is 19.9. The minimum absolute atomic E-state index is 0.0832. The van der Waals surface area contributed by atoms with Crippen LogP contribution in [-0.4, -0.2) is 38.0 Å². The van der Waals surface area contributed by atoms with Crippen LogP contribution in [0.25, 0.3) is 0 Å². The van der Waals surface area contributed by atoms with E-state index in [9.17, 15) is 19.7 Å². The van der Waals surface area contributed by atoms with Crippen LogP contribution in [0.2, 0.25) is 0 Å². The van der Waals surface area contributed by atoms with Crippen molar-refractivity contribution < 1.29 is 28.7 Å².